The molecule has 0 radical (unpaired) electrons. The van der Waals surface area contributed by atoms with E-state index in [2.05, 4.69) is 35.1 Å². The molecule has 0 heterocycles. The average Bonchev–Trinajstić information content (AvgIpc) is 2.27. The Labute approximate surface area is 111 Å². The molecule has 1 rings (SSSR count). The fraction of sp³-hybridized carbons (Fsp3) is 0.462. The largest absolute Gasteiger partial charge is 0.462 e. The lowest BCUT2D eigenvalue weighted by Gasteiger charge is -2.11. The molecule has 17 heavy (non-hydrogen) atoms. The zero-order valence-corrected chi connectivity index (χ0v) is 12.0. The number of anilines is 1. The number of halogens is 1. The predicted octanol–water partition coefficient (Wildman–Crippen LogP) is 3.69. The van der Waals surface area contributed by atoms with Gasteiger partial charge in [-0.15, -0.1) is 0 Å². The molecule has 0 aliphatic rings. The van der Waals surface area contributed by atoms with Crippen LogP contribution < -0.4 is 5.32 Å². The predicted molar refractivity (Wildman–Crippen MR) is 73.4 cm³/mol. The molecule has 0 saturated carbocycles. The maximum absolute atomic E-state index is 11.5. The Morgan fingerprint density at radius 3 is 2.71 bits per heavy atom. The van der Waals surface area contributed by atoms with Crippen LogP contribution in [0.3, 0.4) is 0 Å². The Morgan fingerprint density at radius 2 is 2.18 bits per heavy atom. The van der Waals surface area contributed by atoms with Gasteiger partial charge in [-0.2, -0.15) is 0 Å². The van der Waals surface area contributed by atoms with Crippen LogP contribution >= 0.6 is 15.9 Å². The molecule has 0 unspecified atom stereocenters. The van der Waals surface area contributed by atoms with Gasteiger partial charge in [0.25, 0.3) is 0 Å². The molecule has 0 saturated heterocycles. The quantitative estimate of drug-likeness (QED) is 0.843. The molecule has 0 aliphatic carbocycles. The highest BCUT2D eigenvalue weighted by molar-refractivity contribution is 9.10. The van der Waals surface area contributed by atoms with Crippen LogP contribution in [0.15, 0.2) is 22.7 Å². The monoisotopic (exact) mass is 299 g/mol. The first-order valence-electron chi connectivity index (χ1n) is 5.75. The first kappa shape index (κ1) is 14.0. The molecule has 1 aromatic rings. The maximum atomic E-state index is 11.5. The number of hydrogen-bond acceptors (Lipinski definition) is 3. The third kappa shape index (κ3) is 4.38. The molecular weight excluding hydrogens is 282 g/mol. The van der Waals surface area contributed by atoms with Crippen LogP contribution in [0.2, 0.25) is 0 Å². The Bertz CT molecular complexity index is 391. The average molecular weight is 300 g/mol. The van der Waals surface area contributed by atoms with Gasteiger partial charge in [-0.3, -0.25) is 0 Å². The number of nitrogens with one attached hydrogen (secondary N) is 1. The number of hydrogen-bond donors (Lipinski definition) is 1. The van der Waals surface area contributed by atoms with Crippen molar-refractivity contribution in [3.63, 3.8) is 0 Å². The lowest BCUT2D eigenvalue weighted by atomic mass is 10.2. The maximum Gasteiger partial charge on any atom is 0.338 e. The molecule has 0 fully saturated rings. The molecule has 0 spiro atoms. The van der Waals surface area contributed by atoms with Crippen molar-refractivity contribution in [1.82, 2.24) is 0 Å². The number of rotatable bonds is 5. The van der Waals surface area contributed by atoms with Gasteiger partial charge in [0.1, 0.15) is 0 Å². The Balaban J connectivity index is 2.75. The van der Waals surface area contributed by atoms with Gasteiger partial charge in [-0.05, 0) is 47.0 Å². The second-order valence-electron chi connectivity index (χ2n) is 4.19. The Kier molecular flexibility index (Phi) is 5.48. The summed E-state index contributed by atoms with van der Waals surface area (Å²) in [6.45, 7) is 7.38. The minimum absolute atomic E-state index is 0.288. The molecule has 0 amide bonds. The fourth-order valence-corrected chi connectivity index (χ4v) is 1.83. The molecule has 3 nitrogen and oxygen atoms in total. The summed E-state index contributed by atoms with van der Waals surface area (Å²) in [6, 6.07) is 5.44. The van der Waals surface area contributed by atoms with Gasteiger partial charge in [0.2, 0.25) is 0 Å². The summed E-state index contributed by atoms with van der Waals surface area (Å²) in [6.07, 6.45) is 0. The SMILES string of the molecule is CCOC(=O)c1ccc(NCC(C)C)c(Br)c1. The van der Waals surface area contributed by atoms with E-state index in [1.165, 1.54) is 0 Å². The van der Waals surface area contributed by atoms with Crippen molar-refractivity contribution in [2.45, 2.75) is 20.8 Å². The topological polar surface area (TPSA) is 38.3 Å². The van der Waals surface area contributed by atoms with E-state index in [4.69, 9.17) is 4.74 Å². The van der Waals surface area contributed by atoms with Crippen molar-refractivity contribution in [2.75, 3.05) is 18.5 Å². The highest BCUT2D eigenvalue weighted by atomic mass is 79.9. The second kappa shape index (κ2) is 6.64. The van der Waals surface area contributed by atoms with Crippen LogP contribution in [-0.4, -0.2) is 19.1 Å². The van der Waals surface area contributed by atoms with Gasteiger partial charge in [-0.25, -0.2) is 4.79 Å². The molecule has 0 aromatic heterocycles. The van der Waals surface area contributed by atoms with E-state index < -0.39 is 0 Å². The third-order valence-corrected chi connectivity index (χ3v) is 2.84. The summed E-state index contributed by atoms with van der Waals surface area (Å²) in [5.74, 6) is 0.287. The van der Waals surface area contributed by atoms with Crippen LogP contribution in [0.1, 0.15) is 31.1 Å². The van der Waals surface area contributed by atoms with Crippen molar-refractivity contribution in [1.29, 1.82) is 0 Å². The Hall–Kier alpha value is -1.03. The molecule has 4 heteroatoms. The van der Waals surface area contributed by atoms with Crippen LogP contribution in [-0.2, 0) is 4.74 Å². The standard InChI is InChI=1S/C13H18BrNO2/c1-4-17-13(16)10-5-6-12(11(14)7-10)15-8-9(2)3/h5-7,9,15H,4,8H2,1-3H3. The van der Waals surface area contributed by atoms with Crippen LogP contribution in [0.5, 0.6) is 0 Å². The molecule has 0 bridgehead atoms. The van der Waals surface area contributed by atoms with E-state index in [9.17, 15) is 4.79 Å². The van der Waals surface area contributed by atoms with E-state index in [0.29, 0.717) is 18.1 Å². The summed E-state index contributed by atoms with van der Waals surface area (Å²) in [7, 11) is 0. The van der Waals surface area contributed by atoms with Crippen LogP contribution in [0, 0.1) is 5.92 Å². The summed E-state index contributed by atoms with van der Waals surface area (Å²) in [5, 5.41) is 3.31. The zero-order valence-electron chi connectivity index (χ0n) is 10.4. The van der Waals surface area contributed by atoms with Gasteiger partial charge in [0.05, 0.1) is 12.2 Å². The van der Waals surface area contributed by atoms with Crippen molar-refractivity contribution < 1.29 is 9.53 Å². The lowest BCUT2D eigenvalue weighted by Crippen LogP contribution is -2.09. The smallest absolute Gasteiger partial charge is 0.338 e. The summed E-state index contributed by atoms with van der Waals surface area (Å²) < 4.78 is 5.82. The zero-order chi connectivity index (χ0) is 12.8. The molecule has 0 atom stereocenters. The van der Waals surface area contributed by atoms with Crippen molar-refractivity contribution in [3.05, 3.63) is 28.2 Å². The Morgan fingerprint density at radius 1 is 1.47 bits per heavy atom. The summed E-state index contributed by atoms with van der Waals surface area (Å²) in [4.78, 5) is 11.5. The number of carbonyl (C=O) groups excluding carboxylic acids is 1. The van der Waals surface area contributed by atoms with Crippen molar-refractivity contribution in [2.24, 2.45) is 5.92 Å². The van der Waals surface area contributed by atoms with E-state index in [-0.39, 0.29) is 5.97 Å². The van der Waals surface area contributed by atoms with Crippen molar-refractivity contribution >= 4 is 27.6 Å². The van der Waals surface area contributed by atoms with E-state index in [1.54, 1.807) is 19.1 Å². The molecular formula is C13H18BrNO2. The molecule has 1 aromatic carbocycles. The van der Waals surface area contributed by atoms with Gasteiger partial charge < -0.3 is 10.1 Å². The number of esters is 1. The minimum Gasteiger partial charge on any atom is -0.462 e. The molecule has 1 N–H and O–H groups in total. The highest BCUT2D eigenvalue weighted by Gasteiger charge is 2.09. The number of ether oxygens (including phenoxy) is 1. The molecule has 0 aliphatic heterocycles. The van der Waals surface area contributed by atoms with E-state index in [0.717, 1.165) is 16.7 Å². The molecule has 94 valence electrons. The van der Waals surface area contributed by atoms with Gasteiger partial charge in [0, 0.05) is 16.7 Å². The first-order valence-corrected chi connectivity index (χ1v) is 6.54. The third-order valence-electron chi connectivity index (χ3n) is 2.18. The van der Waals surface area contributed by atoms with Crippen molar-refractivity contribution in [3.8, 4) is 0 Å². The number of carbonyl (C=O) groups is 1. The highest BCUT2D eigenvalue weighted by Crippen LogP contribution is 2.24. The van der Waals surface area contributed by atoms with Gasteiger partial charge in [-0.1, -0.05) is 13.8 Å². The second-order valence-corrected chi connectivity index (χ2v) is 5.04. The van der Waals surface area contributed by atoms with E-state index in [1.807, 2.05) is 6.07 Å². The lowest BCUT2D eigenvalue weighted by molar-refractivity contribution is 0.0526. The fourth-order valence-electron chi connectivity index (χ4n) is 1.31. The van der Waals surface area contributed by atoms with E-state index >= 15 is 0 Å². The summed E-state index contributed by atoms with van der Waals surface area (Å²) in [5.41, 5.74) is 1.56. The summed E-state index contributed by atoms with van der Waals surface area (Å²) >= 11 is 3.45. The van der Waals surface area contributed by atoms with Crippen LogP contribution in [0.25, 0.3) is 0 Å². The normalized spacial score (nSPS) is 10.4. The van der Waals surface area contributed by atoms with Gasteiger partial charge >= 0.3 is 5.97 Å². The van der Waals surface area contributed by atoms with Crippen LogP contribution in [0.4, 0.5) is 5.69 Å². The number of benzene rings is 1. The first-order chi connectivity index (χ1) is 8.04. The minimum atomic E-state index is -0.288. The van der Waals surface area contributed by atoms with Gasteiger partial charge in [0.15, 0.2) is 0 Å².